The predicted molar refractivity (Wildman–Crippen MR) is 83.8 cm³/mol. The van der Waals surface area contributed by atoms with Crippen molar-refractivity contribution in [2.75, 3.05) is 23.8 Å². The highest BCUT2D eigenvalue weighted by atomic mass is 16.3. The highest BCUT2D eigenvalue weighted by molar-refractivity contribution is 5.96. The average Bonchev–Trinajstić information content (AvgIpc) is 3.08. The lowest BCUT2D eigenvalue weighted by atomic mass is 9.86. The summed E-state index contributed by atoms with van der Waals surface area (Å²) in [5.41, 5.74) is 7.29. The van der Waals surface area contributed by atoms with Crippen LogP contribution in [0.1, 0.15) is 32.1 Å². The third kappa shape index (κ3) is 2.91. The van der Waals surface area contributed by atoms with Gasteiger partial charge in [-0.25, -0.2) is 0 Å². The van der Waals surface area contributed by atoms with Crippen LogP contribution in [0.3, 0.4) is 0 Å². The van der Waals surface area contributed by atoms with Gasteiger partial charge in [-0.2, -0.15) is 0 Å². The van der Waals surface area contributed by atoms with Crippen molar-refractivity contribution >= 4 is 17.3 Å². The monoisotopic (exact) mass is 288 g/mol. The van der Waals surface area contributed by atoms with Gasteiger partial charge in [0.1, 0.15) is 0 Å². The van der Waals surface area contributed by atoms with Gasteiger partial charge in [0.2, 0.25) is 5.91 Å². The number of aliphatic hydroxyl groups excluding tert-OH is 1. The molecular weight excluding hydrogens is 264 g/mol. The maximum absolute atomic E-state index is 12.7. The van der Waals surface area contributed by atoms with Crippen LogP contribution in [-0.4, -0.2) is 24.2 Å². The van der Waals surface area contributed by atoms with Gasteiger partial charge < -0.3 is 15.7 Å². The molecule has 1 aromatic carbocycles. The molecule has 0 spiro atoms. The van der Waals surface area contributed by atoms with Crippen molar-refractivity contribution < 1.29 is 9.90 Å². The van der Waals surface area contributed by atoms with Crippen LogP contribution in [-0.2, 0) is 4.79 Å². The van der Waals surface area contributed by atoms with Gasteiger partial charge in [-0.15, -0.1) is 0 Å². The van der Waals surface area contributed by atoms with E-state index in [1.54, 1.807) is 11.0 Å². The van der Waals surface area contributed by atoms with Crippen LogP contribution in [0.25, 0.3) is 0 Å². The zero-order valence-electron chi connectivity index (χ0n) is 12.4. The van der Waals surface area contributed by atoms with Gasteiger partial charge in [0, 0.05) is 13.0 Å². The lowest BCUT2D eigenvalue weighted by Gasteiger charge is -2.27. The molecule has 0 saturated heterocycles. The van der Waals surface area contributed by atoms with Crippen LogP contribution in [0.4, 0.5) is 11.4 Å². The number of aliphatic hydroxyl groups is 1. The Bertz CT molecular complexity index is 517. The molecule has 2 fully saturated rings. The molecule has 21 heavy (non-hydrogen) atoms. The minimum absolute atomic E-state index is 0.0448. The van der Waals surface area contributed by atoms with E-state index in [0.29, 0.717) is 24.6 Å². The number of nitrogen functional groups attached to an aromatic ring is 1. The third-order valence-electron chi connectivity index (χ3n) is 5.17. The molecule has 2 saturated carbocycles. The molecule has 3 unspecified atom stereocenters. The molecule has 2 bridgehead atoms. The van der Waals surface area contributed by atoms with Crippen LogP contribution in [0.2, 0.25) is 0 Å². The van der Waals surface area contributed by atoms with Gasteiger partial charge in [-0.3, -0.25) is 4.79 Å². The third-order valence-corrected chi connectivity index (χ3v) is 5.17. The zero-order chi connectivity index (χ0) is 14.8. The first-order valence-corrected chi connectivity index (χ1v) is 7.94. The summed E-state index contributed by atoms with van der Waals surface area (Å²) in [5, 5.41) is 9.27. The van der Waals surface area contributed by atoms with E-state index in [4.69, 9.17) is 5.73 Å². The first-order chi connectivity index (χ1) is 10.2. The van der Waals surface area contributed by atoms with Crippen molar-refractivity contribution in [1.82, 2.24) is 0 Å². The van der Waals surface area contributed by atoms with Gasteiger partial charge in [0.25, 0.3) is 0 Å². The normalized spacial score (nSPS) is 27.0. The Kier molecular flexibility index (Phi) is 4.15. The molecule has 4 heteroatoms. The fraction of sp³-hybridized carbons (Fsp3) is 0.588. The summed E-state index contributed by atoms with van der Waals surface area (Å²) in [5.74, 6) is 2.21. The molecule has 1 amide bonds. The lowest BCUT2D eigenvalue weighted by Crippen LogP contribution is -2.36. The van der Waals surface area contributed by atoms with E-state index in [1.807, 2.05) is 18.2 Å². The quantitative estimate of drug-likeness (QED) is 0.818. The van der Waals surface area contributed by atoms with Gasteiger partial charge >= 0.3 is 0 Å². The minimum atomic E-state index is -0.0448. The van der Waals surface area contributed by atoms with E-state index in [0.717, 1.165) is 17.5 Å². The molecule has 2 aliphatic carbocycles. The summed E-state index contributed by atoms with van der Waals surface area (Å²) in [6.45, 7) is 0.269. The molecule has 0 aliphatic heterocycles. The number of hydrogen-bond donors (Lipinski definition) is 2. The van der Waals surface area contributed by atoms with Crippen LogP contribution >= 0.6 is 0 Å². The second-order valence-corrected chi connectivity index (χ2v) is 6.47. The number of amides is 1. The highest BCUT2D eigenvalue weighted by Gasteiger charge is 2.40. The Hall–Kier alpha value is -1.55. The lowest BCUT2D eigenvalue weighted by molar-refractivity contribution is -0.120. The fourth-order valence-corrected chi connectivity index (χ4v) is 4.17. The van der Waals surface area contributed by atoms with E-state index >= 15 is 0 Å². The summed E-state index contributed by atoms with van der Waals surface area (Å²) >= 11 is 0. The first kappa shape index (κ1) is 14.4. The molecule has 3 N–H and O–H groups in total. The standard InChI is InChI=1S/C17H24N2O2/c18-15-3-1-2-4-16(15)19(7-8-20)17(21)11-14-10-12-5-6-13(14)9-12/h1-4,12-14,20H,5-11,18H2. The smallest absolute Gasteiger partial charge is 0.227 e. The number of benzene rings is 1. The number of fused-ring (bicyclic) bond motifs is 2. The van der Waals surface area contributed by atoms with Crippen molar-refractivity contribution in [1.29, 1.82) is 0 Å². The first-order valence-electron chi connectivity index (χ1n) is 7.94. The van der Waals surface area contributed by atoms with Gasteiger partial charge in [-0.05, 0) is 49.1 Å². The van der Waals surface area contributed by atoms with E-state index in [1.165, 1.54) is 25.7 Å². The molecule has 0 aromatic heterocycles. The molecule has 2 aliphatic rings. The predicted octanol–water partition coefficient (Wildman–Crippen LogP) is 2.42. The Morgan fingerprint density at radius 2 is 2.10 bits per heavy atom. The maximum atomic E-state index is 12.7. The number of carbonyl (C=O) groups excluding carboxylic acids is 1. The van der Waals surface area contributed by atoms with E-state index < -0.39 is 0 Å². The average molecular weight is 288 g/mol. The topological polar surface area (TPSA) is 66.6 Å². The maximum Gasteiger partial charge on any atom is 0.227 e. The van der Waals surface area contributed by atoms with Crippen molar-refractivity contribution in [3.05, 3.63) is 24.3 Å². The van der Waals surface area contributed by atoms with Crippen molar-refractivity contribution in [2.24, 2.45) is 17.8 Å². The number of nitrogens with two attached hydrogens (primary N) is 1. The molecule has 114 valence electrons. The molecular formula is C17H24N2O2. The Morgan fingerprint density at radius 1 is 1.29 bits per heavy atom. The molecule has 0 radical (unpaired) electrons. The SMILES string of the molecule is Nc1ccccc1N(CCO)C(=O)CC1CC2CCC1C2. The molecule has 4 nitrogen and oxygen atoms in total. The number of rotatable bonds is 5. The summed E-state index contributed by atoms with van der Waals surface area (Å²) in [7, 11) is 0. The minimum Gasteiger partial charge on any atom is -0.397 e. The molecule has 3 atom stereocenters. The summed E-state index contributed by atoms with van der Waals surface area (Å²) in [6.07, 6.45) is 5.74. The molecule has 0 heterocycles. The zero-order valence-corrected chi connectivity index (χ0v) is 12.4. The van der Waals surface area contributed by atoms with E-state index in [-0.39, 0.29) is 12.5 Å². The Morgan fingerprint density at radius 3 is 2.71 bits per heavy atom. The molecule has 3 rings (SSSR count). The largest absolute Gasteiger partial charge is 0.397 e. The van der Waals surface area contributed by atoms with Gasteiger partial charge in [-0.1, -0.05) is 18.6 Å². The Labute approximate surface area is 125 Å². The van der Waals surface area contributed by atoms with Crippen LogP contribution < -0.4 is 10.6 Å². The summed E-state index contributed by atoms with van der Waals surface area (Å²) in [6, 6.07) is 7.38. The second-order valence-electron chi connectivity index (χ2n) is 6.47. The molecule has 1 aromatic rings. The Balaban J connectivity index is 1.71. The fourth-order valence-electron chi connectivity index (χ4n) is 4.17. The number of hydrogen-bond acceptors (Lipinski definition) is 3. The van der Waals surface area contributed by atoms with Gasteiger partial charge in [0.15, 0.2) is 0 Å². The second kappa shape index (κ2) is 6.06. The summed E-state index contributed by atoms with van der Waals surface area (Å²) < 4.78 is 0. The number of para-hydroxylation sites is 2. The number of carbonyl (C=O) groups is 1. The van der Waals surface area contributed by atoms with Gasteiger partial charge in [0.05, 0.1) is 18.0 Å². The number of nitrogens with zero attached hydrogens (tertiary/aromatic N) is 1. The highest BCUT2D eigenvalue weighted by Crippen LogP contribution is 2.49. The summed E-state index contributed by atoms with van der Waals surface area (Å²) in [4.78, 5) is 14.3. The van der Waals surface area contributed by atoms with E-state index in [2.05, 4.69) is 0 Å². The van der Waals surface area contributed by atoms with E-state index in [9.17, 15) is 9.90 Å². The van der Waals surface area contributed by atoms with Crippen molar-refractivity contribution in [3.8, 4) is 0 Å². The van der Waals surface area contributed by atoms with Crippen LogP contribution in [0, 0.1) is 17.8 Å². The van der Waals surface area contributed by atoms with Crippen molar-refractivity contribution in [2.45, 2.75) is 32.1 Å². The van der Waals surface area contributed by atoms with Crippen LogP contribution in [0.15, 0.2) is 24.3 Å². The number of anilines is 2. The van der Waals surface area contributed by atoms with Crippen molar-refractivity contribution in [3.63, 3.8) is 0 Å². The van der Waals surface area contributed by atoms with Crippen LogP contribution in [0.5, 0.6) is 0 Å².